The summed E-state index contributed by atoms with van der Waals surface area (Å²) in [6.45, 7) is 6.66. The molecule has 1 fully saturated rings. The zero-order valence-electron chi connectivity index (χ0n) is 17.2. The summed E-state index contributed by atoms with van der Waals surface area (Å²) < 4.78 is 1.75. The quantitative estimate of drug-likeness (QED) is 0.642. The number of hydrogen-bond donors (Lipinski definition) is 1. The molecule has 3 heterocycles. The minimum atomic E-state index is -0.0177. The number of carbonyl (C=O) groups is 1. The normalized spacial score (nSPS) is 14.1. The molecular formula is C21H28Cl2N6O. The second-order valence-corrected chi connectivity index (χ2v) is 7.26. The second kappa shape index (κ2) is 10.7. The molecule has 0 aliphatic carbocycles. The van der Waals surface area contributed by atoms with Crippen molar-refractivity contribution in [2.24, 2.45) is 0 Å². The number of fused-ring (bicyclic) bond motifs is 1. The third kappa shape index (κ3) is 4.58. The minimum Gasteiger partial charge on any atom is -0.334 e. The van der Waals surface area contributed by atoms with Crippen LogP contribution in [-0.4, -0.2) is 56.5 Å². The highest BCUT2D eigenvalue weighted by molar-refractivity contribution is 5.94. The van der Waals surface area contributed by atoms with Crippen LogP contribution in [0.15, 0.2) is 36.5 Å². The van der Waals surface area contributed by atoms with Crippen molar-refractivity contribution in [3.63, 3.8) is 0 Å². The van der Waals surface area contributed by atoms with E-state index in [0.29, 0.717) is 5.69 Å². The van der Waals surface area contributed by atoms with Crippen molar-refractivity contribution in [1.82, 2.24) is 30.2 Å². The van der Waals surface area contributed by atoms with Crippen molar-refractivity contribution in [3.8, 4) is 5.69 Å². The lowest BCUT2D eigenvalue weighted by molar-refractivity contribution is 0.0635. The third-order valence-corrected chi connectivity index (χ3v) is 5.42. The first-order valence-electron chi connectivity index (χ1n) is 9.98. The first-order chi connectivity index (χ1) is 13.7. The van der Waals surface area contributed by atoms with E-state index < -0.39 is 0 Å². The Bertz CT molecular complexity index is 981. The number of aromatic nitrogens is 4. The fourth-order valence-corrected chi connectivity index (χ4v) is 3.97. The van der Waals surface area contributed by atoms with Gasteiger partial charge in [-0.25, -0.2) is 4.68 Å². The maximum atomic E-state index is 13.3. The number of hydrogen-bond acceptors (Lipinski definition) is 5. The second-order valence-electron chi connectivity index (χ2n) is 7.26. The molecular weight excluding hydrogens is 423 g/mol. The molecule has 7 nitrogen and oxygen atoms in total. The topological polar surface area (TPSA) is 75.9 Å². The third-order valence-electron chi connectivity index (χ3n) is 5.42. The monoisotopic (exact) mass is 450 g/mol. The van der Waals surface area contributed by atoms with Gasteiger partial charge in [0.05, 0.1) is 16.9 Å². The lowest BCUT2D eigenvalue weighted by Crippen LogP contribution is -2.46. The Hall–Kier alpha value is -2.22. The molecule has 0 spiro atoms. The lowest BCUT2D eigenvalue weighted by Gasteiger charge is -2.34. The van der Waals surface area contributed by atoms with Gasteiger partial charge in [0.2, 0.25) is 0 Å². The largest absolute Gasteiger partial charge is 0.334 e. The van der Waals surface area contributed by atoms with Gasteiger partial charge in [-0.1, -0.05) is 18.2 Å². The Morgan fingerprint density at radius 2 is 1.97 bits per heavy atom. The average Bonchev–Trinajstić information content (AvgIpc) is 3.13. The molecule has 1 aliphatic rings. The molecule has 1 N–H and O–H groups in total. The molecule has 4 rings (SSSR count). The van der Waals surface area contributed by atoms with E-state index in [1.54, 1.807) is 10.9 Å². The average molecular weight is 451 g/mol. The summed E-state index contributed by atoms with van der Waals surface area (Å²) in [6.07, 6.45) is 4.66. The highest BCUT2D eigenvalue weighted by atomic mass is 35.5. The highest BCUT2D eigenvalue weighted by Gasteiger charge is 2.29. The molecule has 2 aromatic heterocycles. The zero-order valence-corrected chi connectivity index (χ0v) is 18.9. The summed E-state index contributed by atoms with van der Waals surface area (Å²) in [6, 6.07) is 10.1. The van der Waals surface area contributed by atoms with E-state index in [4.69, 9.17) is 0 Å². The first kappa shape index (κ1) is 24.1. The number of benzene rings is 1. The van der Waals surface area contributed by atoms with E-state index in [1.807, 2.05) is 42.2 Å². The molecule has 162 valence electrons. The summed E-state index contributed by atoms with van der Waals surface area (Å²) in [7, 11) is 0. The lowest BCUT2D eigenvalue weighted by atomic mass is 10.0. The summed E-state index contributed by atoms with van der Waals surface area (Å²) in [5, 5.41) is 13.0. The number of rotatable bonds is 5. The molecule has 0 saturated carbocycles. The predicted octanol–water partition coefficient (Wildman–Crippen LogP) is 3.57. The number of pyridine rings is 1. The van der Waals surface area contributed by atoms with E-state index in [-0.39, 0.29) is 36.8 Å². The van der Waals surface area contributed by atoms with Gasteiger partial charge in [0.25, 0.3) is 5.91 Å². The first-order valence-corrected chi connectivity index (χ1v) is 9.98. The Morgan fingerprint density at radius 1 is 1.20 bits per heavy atom. The number of nitrogens with zero attached hydrogens (tertiary/aromatic N) is 5. The molecule has 1 saturated heterocycles. The smallest absolute Gasteiger partial charge is 0.276 e. The van der Waals surface area contributed by atoms with Gasteiger partial charge in [0.15, 0.2) is 5.69 Å². The maximum Gasteiger partial charge on any atom is 0.276 e. The van der Waals surface area contributed by atoms with E-state index in [0.717, 1.165) is 61.2 Å². The Balaban J connectivity index is 0.00000160. The predicted molar refractivity (Wildman–Crippen MR) is 123 cm³/mol. The number of halogens is 2. The van der Waals surface area contributed by atoms with Gasteiger partial charge < -0.3 is 10.2 Å². The molecule has 0 radical (unpaired) electrons. The zero-order chi connectivity index (χ0) is 19.5. The van der Waals surface area contributed by atoms with Crippen LogP contribution in [0.2, 0.25) is 0 Å². The molecule has 9 heteroatoms. The van der Waals surface area contributed by atoms with Crippen molar-refractivity contribution in [3.05, 3.63) is 47.9 Å². The summed E-state index contributed by atoms with van der Waals surface area (Å²) in [5.74, 6) is -0.0177. The van der Waals surface area contributed by atoms with Crippen LogP contribution in [0.1, 0.15) is 42.4 Å². The van der Waals surface area contributed by atoms with Crippen molar-refractivity contribution in [1.29, 1.82) is 0 Å². The van der Waals surface area contributed by atoms with Crippen LogP contribution in [0.5, 0.6) is 0 Å². The van der Waals surface area contributed by atoms with Gasteiger partial charge >= 0.3 is 0 Å². The molecule has 3 aromatic rings. The van der Waals surface area contributed by atoms with Crippen molar-refractivity contribution in [2.45, 2.75) is 39.2 Å². The summed E-state index contributed by atoms with van der Waals surface area (Å²) in [4.78, 5) is 19.7. The Kier molecular flexibility index (Phi) is 8.58. The van der Waals surface area contributed by atoms with Crippen molar-refractivity contribution in [2.75, 3.05) is 19.6 Å². The van der Waals surface area contributed by atoms with Crippen LogP contribution in [0.25, 0.3) is 16.6 Å². The fourth-order valence-electron chi connectivity index (χ4n) is 3.97. The molecule has 1 amide bonds. The fraction of sp³-hybridized carbons (Fsp3) is 0.429. The SMILES string of the molecule is CCCN(C(=O)c1nnn(-c2cccc3ncccc23)c1C)C1CCNCC1.Cl.Cl. The van der Waals surface area contributed by atoms with Crippen LogP contribution in [-0.2, 0) is 0 Å². The standard InChI is InChI=1S/C21H26N6O.2ClH/c1-3-14-26(16-9-12-22-13-10-16)21(28)20-15(2)27(25-24-20)19-8-4-7-18-17(19)6-5-11-23-18;;/h4-8,11,16,22H,3,9-10,12-14H2,1-2H3;2*1H. The molecule has 1 aliphatic heterocycles. The molecule has 1 aromatic carbocycles. The molecule has 0 atom stereocenters. The van der Waals surface area contributed by atoms with Gasteiger partial charge in [-0.2, -0.15) is 0 Å². The van der Waals surface area contributed by atoms with Gasteiger partial charge in [-0.15, -0.1) is 29.9 Å². The summed E-state index contributed by atoms with van der Waals surface area (Å²) >= 11 is 0. The minimum absolute atomic E-state index is 0. The van der Waals surface area contributed by atoms with Crippen LogP contribution in [0, 0.1) is 6.92 Å². The van der Waals surface area contributed by atoms with E-state index in [2.05, 4.69) is 27.5 Å². The van der Waals surface area contributed by atoms with Crippen LogP contribution < -0.4 is 5.32 Å². The van der Waals surface area contributed by atoms with Gasteiger partial charge in [-0.3, -0.25) is 9.78 Å². The summed E-state index contributed by atoms with van der Waals surface area (Å²) in [5.41, 5.74) is 2.98. The number of piperidine rings is 1. The van der Waals surface area contributed by atoms with Gasteiger partial charge in [-0.05, 0) is 63.5 Å². The van der Waals surface area contributed by atoms with Crippen LogP contribution >= 0.6 is 24.8 Å². The van der Waals surface area contributed by atoms with E-state index >= 15 is 0 Å². The maximum absolute atomic E-state index is 13.3. The van der Waals surface area contributed by atoms with Crippen molar-refractivity contribution >= 4 is 41.6 Å². The van der Waals surface area contributed by atoms with Crippen LogP contribution in [0.4, 0.5) is 0 Å². The number of carbonyl (C=O) groups excluding carboxylic acids is 1. The number of amides is 1. The van der Waals surface area contributed by atoms with E-state index in [1.165, 1.54) is 0 Å². The van der Waals surface area contributed by atoms with Crippen LogP contribution in [0.3, 0.4) is 0 Å². The molecule has 0 unspecified atom stereocenters. The highest BCUT2D eigenvalue weighted by Crippen LogP contribution is 2.23. The van der Waals surface area contributed by atoms with Crippen molar-refractivity contribution < 1.29 is 4.79 Å². The Labute approximate surface area is 189 Å². The van der Waals surface area contributed by atoms with Gasteiger partial charge in [0.1, 0.15) is 0 Å². The molecule has 0 bridgehead atoms. The molecule has 30 heavy (non-hydrogen) atoms. The van der Waals surface area contributed by atoms with Gasteiger partial charge in [0, 0.05) is 24.2 Å². The Morgan fingerprint density at radius 3 is 2.70 bits per heavy atom. The van der Waals surface area contributed by atoms with E-state index in [9.17, 15) is 4.79 Å². The number of nitrogens with one attached hydrogen (secondary N) is 1.